The monoisotopic (exact) mass is 484 g/mol. The van der Waals surface area contributed by atoms with Crippen molar-refractivity contribution in [3.8, 4) is 0 Å². The van der Waals surface area contributed by atoms with Crippen LogP contribution in [-0.2, 0) is 9.47 Å². The van der Waals surface area contributed by atoms with Crippen LogP contribution in [0.2, 0.25) is 0 Å². The molecule has 0 aromatic carbocycles. The van der Waals surface area contributed by atoms with Crippen LogP contribution in [0.3, 0.4) is 0 Å². The molecule has 2 N–H and O–H groups in total. The predicted molar refractivity (Wildman–Crippen MR) is 116 cm³/mol. The molecule has 1 aliphatic heterocycles. The first-order chi connectivity index (χ1) is 12.0. The number of alkyl carbamates (subject to hydrolysis) is 1. The van der Waals surface area contributed by atoms with Crippen molar-refractivity contribution in [2.24, 2.45) is 10.9 Å². The molecular formula is C18H37IN4O3. The number of halogens is 1. The molecule has 1 saturated heterocycles. The summed E-state index contributed by atoms with van der Waals surface area (Å²) in [6.07, 6.45) is 2.92. The third kappa shape index (κ3) is 9.80. The van der Waals surface area contributed by atoms with E-state index in [0.29, 0.717) is 25.2 Å². The van der Waals surface area contributed by atoms with Gasteiger partial charge in [-0.25, -0.2) is 4.79 Å². The Bertz CT molecular complexity index is 413. The molecule has 1 aliphatic rings. The average molecular weight is 484 g/mol. The summed E-state index contributed by atoms with van der Waals surface area (Å²) in [6, 6.07) is 0.0109. The number of likely N-dealkylation sites (tertiary alicyclic amines) is 1. The normalized spacial score (nSPS) is 16.8. The van der Waals surface area contributed by atoms with Crippen LogP contribution in [0.25, 0.3) is 0 Å². The Hall–Kier alpha value is -0.770. The van der Waals surface area contributed by atoms with Gasteiger partial charge in [-0.1, -0.05) is 13.8 Å². The molecule has 0 radical (unpaired) electrons. The van der Waals surface area contributed by atoms with Gasteiger partial charge in [-0.2, -0.15) is 0 Å². The number of guanidine groups is 1. The van der Waals surface area contributed by atoms with Crippen LogP contribution in [0.5, 0.6) is 0 Å². The van der Waals surface area contributed by atoms with Gasteiger partial charge in [0.2, 0.25) is 0 Å². The number of aliphatic imine (C=N–C) groups is 1. The Labute approximate surface area is 175 Å². The minimum Gasteiger partial charge on any atom is -0.450 e. The second kappa shape index (κ2) is 14.3. The fourth-order valence-electron chi connectivity index (χ4n) is 3.12. The largest absolute Gasteiger partial charge is 0.450 e. The Morgan fingerprint density at radius 3 is 2.38 bits per heavy atom. The maximum Gasteiger partial charge on any atom is 0.407 e. The smallest absolute Gasteiger partial charge is 0.407 e. The van der Waals surface area contributed by atoms with E-state index in [1.165, 1.54) is 0 Å². The fourth-order valence-corrected chi connectivity index (χ4v) is 3.12. The van der Waals surface area contributed by atoms with Crippen molar-refractivity contribution >= 4 is 36.0 Å². The summed E-state index contributed by atoms with van der Waals surface area (Å²) in [5.41, 5.74) is 0. The zero-order valence-electron chi connectivity index (χ0n) is 16.9. The van der Waals surface area contributed by atoms with Gasteiger partial charge in [0.1, 0.15) is 0 Å². The van der Waals surface area contributed by atoms with Crippen LogP contribution < -0.4 is 10.6 Å². The summed E-state index contributed by atoms with van der Waals surface area (Å²) in [5.74, 6) is 1.37. The molecule has 1 fully saturated rings. The number of piperidine rings is 1. The predicted octanol–water partition coefficient (Wildman–Crippen LogP) is 2.84. The topological polar surface area (TPSA) is 75.2 Å². The van der Waals surface area contributed by atoms with Crippen molar-refractivity contribution in [1.29, 1.82) is 0 Å². The quantitative estimate of drug-likeness (QED) is 0.315. The molecule has 1 atom stereocenters. The third-order valence-electron chi connectivity index (χ3n) is 4.22. The van der Waals surface area contributed by atoms with Gasteiger partial charge in [-0.15, -0.1) is 24.0 Å². The number of ether oxygens (including phenoxy) is 2. The van der Waals surface area contributed by atoms with Crippen LogP contribution in [0.1, 0.15) is 47.0 Å². The molecular weight excluding hydrogens is 447 g/mol. The lowest BCUT2D eigenvalue weighted by molar-refractivity contribution is 0.0263. The van der Waals surface area contributed by atoms with E-state index in [1.807, 2.05) is 13.8 Å². The SMILES string of the molecule is CCOC(=O)NC(CNC(=NC)N1CCC(OCC)CC1)CC(C)C.I. The number of carbonyl (C=O) groups is 1. The summed E-state index contributed by atoms with van der Waals surface area (Å²) >= 11 is 0. The molecule has 1 unspecified atom stereocenters. The lowest BCUT2D eigenvalue weighted by Crippen LogP contribution is -2.51. The van der Waals surface area contributed by atoms with E-state index < -0.39 is 0 Å². The number of rotatable bonds is 8. The molecule has 154 valence electrons. The summed E-state index contributed by atoms with van der Waals surface area (Å²) < 4.78 is 10.7. The molecule has 26 heavy (non-hydrogen) atoms. The first-order valence-electron chi connectivity index (χ1n) is 9.50. The summed E-state index contributed by atoms with van der Waals surface area (Å²) in [4.78, 5) is 18.4. The second-order valence-electron chi connectivity index (χ2n) is 6.76. The Balaban J connectivity index is 0.00000625. The minimum atomic E-state index is -0.359. The van der Waals surface area contributed by atoms with Gasteiger partial charge in [0, 0.05) is 39.3 Å². The van der Waals surface area contributed by atoms with Crippen LogP contribution in [-0.4, -0.2) is 69.0 Å². The van der Waals surface area contributed by atoms with Crippen LogP contribution in [0.4, 0.5) is 4.79 Å². The zero-order chi connectivity index (χ0) is 18.7. The molecule has 0 saturated carbocycles. The van der Waals surface area contributed by atoms with E-state index in [9.17, 15) is 4.79 Å². The highest BCUT2D eigenvalue weighted by Crippen LogP contribution is 2.13. The van der Waals surface area contributed by atoms with Gasteiger partial charge < -0.3 is 25.0 Å². The third-order valence-corrected chi connectivity index (χ3v) is 4.22. The van der Waals surface area contributed by atoms with Gasteiger partial charge in [0.25, 0.3) is 0 Å². The van der Waals surface area contributed by atoms with Gasteiger partial charge >= 0.3 is 6.09 Å². The number of hydrogen-bond acceptors (Lipinski definition) is 4. The molecule has 0 aliphatic carbocycles. The zero-order valence-corrected chi connectivity index (χ0v) is 19.2. The molecule has 0 bridgehead atoms. The lowest BCUT2D eigenvalue weighted by atomic mass is 10.0. The fraction of sp³-hybridized carbons (Fsp3) is 0.889. The minimum absolute atomic E-state index is 0. The van der Waals surface area contributed by atoms with Crippen molar-refractivity contribution < 1.29 is 14.3 Å². The van der Waals surface area contributed by atoms with Crippen molar-refractivity contribution in [2.45, 2.75) is 59.1 Å². The molecule has 1 rings (SSSR count). The molecule has 0 spiro atoms. The molecule has 7 nitrogen and oxygen atoms in total. The van der Waals surface area contributed by atoms with Crippen molar-refractivity contribution in [3.63, 3.8) is 0 Å². The average Bonchev–Trinajstić information content (AvgIpc) is 2.56. The maximum absolute atomic E-state index is 11.7. The molecule has 0 aromatic rings. The van der Waals surface area contributed by atoms with E-state index in [-0.39, 0.29) is 36.1 Å². The van der Waals surface area contributed by atoms with Crippen molar-refractivity contribution in [2.75, 3.05) is 39.9 Å². The van der Waals surface area contributed by atoms with E-state index >= 15 is 0 Å². The first-order valence-corrected chi connectivity index (χ1v) is 9.50. The standard InChI is InChI=1S/C18H36N4O3.HI/c1-6-24-16-8-10-22(11-9-16)17(19-5)20-13-15(12-14(3)4)21-18(23)25-7-2;/h14-16H,6-13H2,1-5H3,(H,19,20)(H,21,23);1H. The second-order valence-corrected chi connectivity index (χ2v) is 6.76. The highest BCUT2D eigenvalue weighted by molar-refractivity contribution is 14.0. The van der Waals surface area contributed by atoms with Crippen molar-refractivity contribution in [1.82, 2.24) is 15.5 Å². The van der Waals surface area contributed by atoms with Crippen LogP contribution in [0, 0.1) is 5.92 Å². The van der Waals surface area contributed by atoms with Crippen LogP contribution in [0.15, 0.2) is 4.99 Å². The van der Waals surface area contributed by atoms with Gasteiger partial charge in [-0.3, -0.25) is 4.99 Å². The van der Waals surface area contributed by atoms with E-state index in [0.717, 1.165) is 44.9 Å². The molecule has 0 aromatic heterocycles. The highest BCUT2D eigenvalue weighted by atomic mass is 127. The summed E-state index contributed by atoms with van der Waals surface area (Å²) in [6.45, 7) is 11.8. The number of hydrogen-bond donors (Lipinski definition) is 2. The Morgan fingerprint density at radius 1 is 1.23 bits per heavy atom. The summed E-state index contributed by atoms with van der Waals surface area (Å²) in [7, 11) is 1.80. The number of nitrogens with zero attached hydrogens (tertiary/aromatic N) is 2. The number of nitrogens with one attached hydrogen (secondary N) is 2. The Kier molecular flexibility index (Phi) is 13.9. The maximum atomic E-state index is 11.7. The lowest BCUT2D eigenvalue weighted by Gasteiger charge is -2.34. The number of carbonyl (C=O) groups excluding carboxylic acids is 1. The van der Waals surface area contributed by atoms with Gasteiger partial charge in [-0.05, 0) is 39.0 Å². The Morgan fingerprint density at radius 2 is 1.88 bits per heavy atom. The highest BCUT2D eigenvalue weighted by Gasteiger charge is 2.22. The van der Waals surface area contributed by atoms with Gasteiger partial charge in [0.05, 0.1) is 12.7 Å². The van der Waals surface area contributed by atoms with Crippen LogP contribution >= 0.6 is 24.0 Å². The van der Waals surface area contributed by atoms with Crippen molar-refractivity contribution in [3.05, 3.63) is 0 Å². The first kappa shape index (κ1) is 25.2. The summed E-state index contributed by atoms with van der Waals surface area (Å²) in [5, 5.41) is 6.34. The molecule has 8 heteroatoms. The van der Waals surface area contributed by atoms with E-state index in [1.54, 1.807) is 7.05 Å². The van der Waals surface area contributed by atoms with Gasteiger partial charge in [0.15, 0.2) is 5.96 Å². The molecule has 1 amide bonds. The van der Waals surface area contributed by atoms with E-state index in [4.69, 9.17) is 9.47 Å². The number of amides is 1. The van der Waals surface area contributed by atoms with E-state index in [2.05, 4.69) is 34.4 Å². The molecule has 1 heterocycles.